The van der Waals surface area contributed by atoms with Gasteiger partial charge in [-0.25, -0.2) is 0 Å². The maximum atomic E-state index is 6.33. The first kappa shape index (κ1) is 33.4. The van der Waals surface area contributed by atoms with E-state index in [1.54, 1.807) is 0 Å². The van der Waals surface area contributed by atoms with Crippen molar-refractivity contribution in [1.29, 1.82) is 0 Å². The summed E-state index contributed by atoms with van der Waals surface area (Å²) < 4.78 is 8.62. The molecule has 0 spiro atoms. The van der Waals surface area contributed by atoms with Crippen LogP contribution in [0.4, 0.5) is 0 Å². The SMILES string of the molecule is C[Si](C)(C)c1ccc(-c2[c-]cccc2)nc1.[Ir].[c-]1ccc2c(oc3ccccc32)c1-c1nc2cc3ccccc3cc2n1Cc1ccccc1. The summed E-state index contributed by atoms with van der Waals surface area (Å²) in [4.78, 5) is 9.64. The molecule has 6 aromatic carbocycles. The zero-order valence-corrected chi connectivity index (χ0v) is 31.5. The summed E-state index contributed by atoms with van der Waals surface area (Å²) in [5.41, 5.74) is 7.96. The molecule has 9 aromatic rings. The molecule has 247 valence electrons. The van der Waals surface area contributed by atoms with Crippen LogP contribution in [0.1, 0.15) is 5.56 Å². The third-order valence-corrected chi connectivity index (χ3v) is 11.0. The molecular formula is C44H35IrN3OSi-2. The molecule has 6 heteroatoms. The van der Waals surface area contributed by atoms with E-state index >= 15 is 0 Å². The summed E-state index contributed by atoms with van der Waals surface area (Å²) in [5, 5.41) is 5.98. The molecule has 0 saturated heterocycles. The van der Waals surface area contributed by atoms with Crippen LogP contribution in [0.3, 0.4) is 0 Å². The van der Waals surface area contributed by atoms with Gasteiger partial charge in [-0.15, -0.1) is 54.1 Å². The van der Waals surface area contributed by atoms with Gasteiger partial charge in [0.15, 0.2) is 0 Å². The van der Waals surface area contributed by atoms with Gasteiger partial charge in [0.1, 0.15) is 5.58 Å². The number of imidazole rings is 1. The minimum Gasteiger partial charge on any atom is -0.501 e. The van der Waals surface area contributed by atoms with Crippen LogP contribution in [0.25, 0.3) is 66.4 Å². The molecular weight excluding hydrogens is 807 g/mol. The molecule has 50 heavy (non-hydrogen) atoms. The van der Waals surface area contributed by atoms with Gasteiger partial charge in [0.25, 0.3) is 0 Å². The van der Waals surface area contributed by atoms with Gasteiger partial charge in [0.05, 0.1) is 30.5 Å². The summed E-state index contributed by atoms with van der Waals surface area (Å²) in [5.74, 6) is 0.869. The van der Waals surface area contributed by atoms with Gasteiger partial charge < -0.3 is 14.0 Å². The van der Waals surface area contributed by atoms with E-state index in [-0.39, 0.29) is 20.1 Å². The van der Waals surface area contributed by atoms with Crippen LogP contribution >= 0.6 is 0 Å². The minimum absolute atomic E-state index is 0. The number of hydrogen-bond acceptors (Lipinski definition) is 3. The molecule has 4 nitrogen and oxygen atoms in total. The Hall–Kier alpha value is -5.13. The Morgan fingerprint density at radius 2 is 1.44 bits per heavy atom. The van der Waals surface area contributed by atoms with E-state index in [1.807, 2.05) is 60.8 Å². The topological polar surface area (TPSA) is 43.9 Å². The third-order valence-electron chi connectivity index (χ3n) is 8.98. The smallest absolute Gasteiger partial charge is 0.120 e. The quantitative estimate of drug-likeness (QED) is 0.128. The van der Waals surface area contributed by atoms with E-state index in [2.05, 4.69) is 126 Å². The van der Waals surface area contributed by atoms with Crippen LogP contribution in [0.15, 0.2) is 150 Å². The van der Waals surface area contributed by atoms with Crippen LogP contribution in [0.2, 0.25) is 19.6 Å². The fourth-order valence-electron chi connectivity index (χ4n) is 6.33. The number of para-hydroxylation sites is 1. The molecule has 0 bridgehead atoms. The van der Waals surface area contributed by atoms with E-state index in [0.29, 0.717) is 0 Å². The fraction of sp³-hybridized carbons (Fsp3) is 0.0909. The molecule has 9 rings (SSSR count). The Morgan fingerprint density at radius 1 is 0.700 bits per heavy atom. The Kier molecular flexibility index (Phi) is 9.35. The fourth-order valence-corrected chi connectivity index (χ4v) is 7.37. The van der Waals surface area contributed by atoms with Crippen molar-refractivity contribution >= 4 is 57.0 Å². The molecule has 0 aliphatic heterocycles. The normalized spacial score (nSPS) is 11.4. The second kappa shape index (κ2) is 14.0. The van der Waals surface area contributed by atoms with Gasteiger partial charge in [0, 0.05) is 38.2 Å². The van der Waals surface area contributed by atoms with E-state index < -0.39 is 8.07 Å². The molecule has 0 amide bonds. The molecule has 0 fully saturated rings. The molecule has 0 saturated carbocycles. The van der Waals surface area contributed by atoms with Crippen LogP contribution in [-0.4, -0.2) is 22.6 Å². The van der Waals surface area contributed by atoms with Crippen LogP contribution in [0, 0.1) is 12.1 Å². The van der Waals surface area contributed by atoms with Gasteiger partial charge >= 0.3 is 0 Å². The van der Waals surface area contributed by atoms with Crippen molar-refractivity contribution in [3.05, 3.63) is 163 Å². The van der Waals surface area contributed by atoms with Crippen molar-refractivity contribution in [2.24, 2.45) is 0 Å². The van der Waals surface area contributed by atoms with Gasteiger partial charge in [-0.1, -0.05) is 116 Å². The molecule has 0 aliphatic rings. The Bertz CT molecular complexity index is 2550. The predicted molar refractivity (Wildman–Crippen MR) is 206 cm³/mol. The Morgan fingerprint density at radius 3 is 2.18 bits per heavy atom. The van der Waals surface area contributed by atoms with Crippen LogP contribution in [0.5, 0.6) is 0 Å². The number of fused-ring (bicyclic) bond motifs is 5. The summed E-state index contributed by atoms with van der Waals surface area (Å²) in [7, 11) is -1.23. The van der Waals surface area contributed by atoms with Crippen LogP contribution in [-0.2, 0) is 26.7 Å². The second-order valence-electron chi connectivity index (χ2n) is 13.3. The van der Waals surface area contributed by atoms with Gasteiger partial charge in [-0.2, -0.15) is 0 Å². The number of hydrogen-bond donors (Lipinski definition) is 0. The zero-order chi connectivity index (χ0) is 33.4. The predicted octanol–water partition coefficient (Wildman–Crippen LogP) is 10.7. The summed E-state index contributed by atoms with van der Waals surface area (Å²) >= 11 is 0. The Balaban J connectivity index is 0.000000196. The molecule has 3 aromatic heterocycles. The average molecular weight is 842 g/mol. The molecule has 0 atom stereocenters. The van der Waals surface area contributed by atoms with Gasteiger partial charge in [-0.3, -0.25) is 4.98 Å². The third kappa shape index (κ3) is 6.58. The molecule has 0 aliphatic carbocycles. The van der Waals surface area contributed by atoms with Crippen molar-refractivity contribution in [1.82, 2.24) is 14.5 Å². The maximum absolute atomic E-state index is 6.33. The molecule has 0 N–H and O–H groups in total. The molecule has 3 heterocycles. The number of pyridine rings is 1. The first-order valence-corrected chi connectivity index (χ1v) is 20.1. The van der Waals surface area contributed by atoms with Crippen molar-refractivity contribution in [3.8, 4) is 22.6 Å². The van der Waals surface area contributed by atoms with Crippen LogP contribution < -0.4 is 5.19 Å². The monoisotopic (exact) mass is 842 g/mol. The maximum Gasteiger partial charge on any atom is 0.120 e. The first-order chi connectivity index (χ1) is 23.9. The zero-order valence-electron chi connectivity index (χ0n) is 28.1. The standard InChI is InChI=1S/C30H19N2O.C14H16NSi.Ir/c1-2-9-20(10-3-1)19-32-27-18-22-12-5-4-11-21(22)17-26(27)31-30(32)25-15-8-14-24-23-13-6-7-16-28(23)33-29(24)25;1-16(2,3)13-9-10-14(15-11-13)12-7-5-4-6-8-12;/h1-14,16-18H,19H2;4-7,9-11H,1-3H3;/q2*-1;. The number of benzene rings is 6. The van der Waals surface area contributed by atoms with E-state index in [4.69, 9.17) is 9.40 Å². The van der Waals surface area contributed by atoms with Gasteiger partial charge in [-0.05, 0) is 45.4 Å². The van der Waals surface area contributed by atoms with Crippen molar-refractivity contribution in [2.45, 2.75) is 26.2 Å². The number of aromatic nitrogens is 3. The second-order valence-corrected chi connectivity index (χ2v) is 18.4. The van der Waals surface area contributed by atoms with Crippen molar-refractivity contribution < 1.29 is 24.5 Å². The number of rotatable bonds is 5. The molecule has 0 unspecified atom stereocenters. The van der Waals surface area contributed by atoms with Gasteiger partial charge in [0.2, 0.25) is 0 Å². The largest absolute Gasteiger partial charge is 0.501 e. The van der Waals surface area contributed by atoms with Crippen molar-refractivity contribution in [3.63, 3.8) is 0 Å². The number of nitrogens with zero attached hydrogens (tertiary/aromatic N) is 3. The van der Waals surface area contributed by atoms with E-state index in [9.17, 15) is 0 Å². The summed E-state index contributed by atoms with van der Waals surface area (Å²) in [6, 6.07) is 54.5. The van der Waals surface area contributed by atoms with E-state index in [0.717, 1.165) is 62.2 Å². The van der Waals surface area contributed by atoms with E-state index in [1.165, 1.54) is 21.5 Å². The van der Waals surface area contributed by atoms with Crippen molar-refractivity contribution in [2.75, 3.05) is 0 Å². The first-order valence-electron chi connectivity index (χ1n) is 16.6. The average Bonchev–Trinajstić information content (AvgIpc) is 3.69. The molecule has 1 radical (unpaired) electrons. The summed E-state index contributed by atoms with van der Waals surface area (Å²) in [6.07, 6.45) is 2.02. The minimum atomic E-state index is -1.23. The Labute approximate surface area is 306 Å². The summed E-state index contributed by atoms with van der Waals surface area (Å²) in [6.45, 7) is 7.71. The number of furan rings is 1.